The Hall–Kier alpha value is -1.06. The van der Waals surface area contributed by atoms with Gasteiger partial charge in [-0.15, -0.1) is 5.16 Å². The summed E-state index contributed by atoms with van der Waals surface area (Å²) in [5, 5.41) is 3.17. The van der Waals surface area contributed by atoms with Gasteiger partial charge in [-0.3, -0.25) is 4.79 Å². The molecule has 0 atom stereocenters. The van der Waals surface area contributed by atoms with Gasteiger partial charge in [-0.25, -0.2) is 0 Å². The van der Waals surface area contributed by atoms with Crippen molar-refractivity contribution in [3.8, 4) is 0 Å². The van der Waals surface area contributed by atoms with Crippen LogP contribution in [0.3, 0.4) is 0 Å². The van der Waals surface area contributed by atoms with Gasteiger partial charge in [-0.2, -0.15) is 0 Å². The van der Waals surface area contributed by atoms with Crippen LogP contribution in [0.4, 0.5) is 0 Å². The Labute approximate surface area is 72.2 Å². The van der Waals surface area contributed by atoms with E-state index in [1.165, 1.54) is 6.42 Å². The molecule has 0 aromatic heterocycles. The molecule has 1 aliphatic heterocycles. The van der Waals surface area contributed by atoms with E-state index in [1.54, 1.807) is 0 Å². The second-order valence-corrected chi connectivity index (χ2v) is 2.84. The predicted molar refractivity (Wildman–Crippen MR) is 45.9 cm³/mol. The average Bonchev–Trinajstić information content (AvgIpc) is 2.15. The van der Waals surface area contributed by atoms with E-state index in [0.29, 0.717) is 0 Å². The number of carbonyl (C=O) groups excluding carboxylic acids is 1. The molecule has 0 spiro atoms. The van der Waals surface area contributed by atoms with Crippen molar-refractivity contribution in [1.29, 1.82) is 0 Å². The number of likely N-dealkylation sites (tertiary alicyclic amines) is 1. The Bertz CT molecular complexity index is 164. The zero-order valence-corrected chi connectivity index (χ0v) is 7.16. The minimum atomic E-state index is 0.0158. The van der Waals surface area contributed by atoms with Crippen molar-refractivity contribution < 1.29 is 9.63 Å². The molecule has 0 bridgehead atoms. The molecule has 1 amide bonds. The summed E-state index contributed by atoms with van der Waals surface area (Å²) >= 11 is 0. The third-order valence-corrected chi connectivity index (χ3v) is 1.99. The van der Waals surface area contributed by atoms with Crippen LogP contribution >= 0.6 is 0 Å². The minimum absolute atomic E-state index is 0.0158. The largest absolute Gasteiger partial charge is 0.386 e. The van der Waals surface area contributed by atoms with E-state index in [2.05, 4.69) is 16.7 Å². The molecule has 1 rings (SSSR count). The fourth-order valence-electron chi connectivity index (χ4n) is 1.34. The van der Waals surface area contributed by atoms with Crippen molar-refractivity contribution in [3.63, 3.8) is 0 Å². The van der Waals surface area contributed by atoms with Gasteiger partial charge in [0, 0.05) is 19.8 Å². The molecule has 0 aromatic carbocycles. The molecular weight excluding hydrogens is 156 g/mol. The molecular formula is C8H14N2O2. The Balaban J connectivity index is 2.24. The maximum atomic E-state index is 11.3. The molecule has 0 radical (unpaired) electrons. The zero-order chi connectivity index (χ0) is 8.81. The minimum Gasteiger partial charge on any atom is -0.386 e. The van der Waals surface area contributed by atoms with Crippen LogP contribution < -0.4 is 0 Å². The van der Waals surface area contributed by atoms with Gasteiger partial charge in [-0.05, 0) is 19.3 Å². The molecule has 68 valence electrons. The lowest BCUT2D eigenvalue weighted by Crippen LogP contribution is -2.37. The fourth-order valence-corrected chi connectivity index (χ4v) is 1.34. The van der Waals surface area contributed by atoms with Gasteiger partial charge in [-0.1, -0.05) is 0 Å². The average molecular weight is 170 g/mol. The van der Waals surface area contributed by atoms with Crippen molar-refractivity contribution >= 4 is 12.6 Å². The zero-order valence-electron chi connectivity index (χ0n) is 7.16. The SMILES string of the molecule is C=NOCC(=O)N1CCCCC1. The van der Waals surface area contributed by atoms with Crippen molar-refractivity contribution in [1.82, 2.24) is 4.90 Å². The number of piperidine rings is 1. The summed E-state index contributed by atoms with van der Waals surface area (Å²) in [7, 11) is 0. The highest BCUT2D eigenvalue weighted by atomic mass is 16.6. The first kappa shape index (κ1) is 9.03. The molecule has 12 heavy (non-hydrogen) atoms. The molecule has 0 aliphatic carbocycles. The number of carbonyl (C=O) groups is 1. The molecule has 4 nitrogen and oxygen atoms in total. The van der Waals surface area contributed by atoms with Crippen LogP contribution in [0, 0.1) is 0 Å². The fraction of sp³-hybridized carbons (Fsp3) is 0.750. The number of hydrogen-bond donors (Lipinski definition) is 0. The van der Waals surface area contributed by atoms with E-state index >= 15 is 0 Å². The van der Waals surface area contributed by atoms with Gasteiger partial charge in [0.25, 0.3) is 5.91 Å². The Kier molecular flexibility index (Phi) is 3.57. The molecule has 0 unspecified atom stereocenters. The van der Waals surface area contributed by atoms with Crippen molar-refractivity contribution in [3.05, 3.63) is 0 Å². The second kappa shape index (κ2) is 4.74. The Morgan fingerprint density at radius 3 is 2.67 bits per heavy atom. The van der Waals surface area contributed by atoms with Crippen LogP contribution in [0.2, 0.25) is 0 Å². The molecule has 0 N–H and O–H groups in total. The van der Waals surface area contributed by atoms with E-state index in [9.17, 15) is 4.79 Å². The van der Waals surface area contributed by atoms with E-state index in [1.807, 2.05) is 4.90 Å². The molecule has 1 saturated heterocycles. The highest BCUT2D eigenvalue weighted by Crippen LogP contribution is 2.08. The van der Waals surface area contributed by atoms with E-state index in [4.69, 9.17) is 0 Å². The quantitative estimate of drug-likeness (QED) is 0.460. The summed E-state index contributed by atoms with van der Waals surface area (Å²) in [5.41, 5.74) is 0. The van der Waals surface area contributed by atoms with Crippen LogP contribution in [0.5, 0.6) is 0 Å². The number of oxime groups is 1. The third kappa shape index (κ3) is 2.53. The summed E-state index contributed by atoms with van der Waals surface area (Å²) in [6, 6.07) is 0. The number of hydrogen-bond acceptors (Lipinski definition) is 3. The first-order valence-corrected chi connectivity index (χ1v) is 4.20. The standard InChI is InChI=1S/C8H14N2O2/c1-9-12-7-8(11)10-5-3-2-4-6-10/h1-7H2. The summed E-state index contributed by atoms with van der Waals surface area (Å²) in [5.74, 6) is 0.0158. The van der Waals surface area contributed by atoms with Gasteiger partial charge >= 0.3 is 0 Å². The van der Waals surface area contributed by atoms with Crippen LogP contribution in [-0.2, 0) is 9.63 Å². The monoisotopic (exact) mass is 170 g/mol. The lowest BCUT2D eigenvalue weighted by molar-refractivity contribution is -0.136. The second-order valence-electron chi connectivity index (χ2n) is 2.84. The molecule has 1 heterocycles. The maximum absolute atomic E-state index is 11.3. The van der Waals surface area contributed by atoms with Crippen molar-refractivity contribution in [2.45, 2.75) is 19.3 Å². The normalized spacial score (nSPS) is 17.2. The van der Waals surface area contributed by atoms with Gasteiger partial charge < -0.3 is 9.74 Å². The maximum Gasteiger partial charge on any atom is 0.263 e. The van der Waals surface area contributed by atoms with Crippen LogP contribution in [0.25, 0.3) is 0 Å². The highest BCUT2D eigenvalue weighted by molar-refractivity contribution is 5.77. The highest BCUT2D eigenvalue weighted by Gasteiger charge is 2.16. The van der Waals surface area contributed by atoms with Crippen LogP contribution in [0.15, 0.2) is 5.16 Å². The van der Waals surface area contributed by atoms with Gasteiger partial charge in [0.1, 0.15) is 0 Å². The van der Waals surface area contributed by atoms with Gasteiger partial charge in [0.05, 0.1) is 0 Å². The number of amides is 1. The topological polar surface area (TPSA) is 41.9 Å². The summed E-state index contributed by atoms with van der Waals surface area (Å²) < 4.78 is 0. The molecule has 4 heteroatoms. The van der Waals surface area contributed by atoms with Gasteiger partial charge in [0.15, 0.2) is 6.61 Å². The number of rotatable bonds is 3. The summed E-state index contributed by atoms with van der Waals surface area (Å²) in [6.45, 7) is 4.89. The lowest BCUT2D eigenvalue weighted by Gasteiger charge is -2.25. The predicted octanol–water partition coefficient (Wildman–Crippen LogP) is 0.631. The summed E-state index contributed by atoms with van der Waals surface area (Å²) in [6.07, 6.45) is 3.44. The van der Waals surface area contributed by atoms with Crippen LogP contribution in [0.1, 0.15) is 19.3 Å². The first-order valence-electron chi connectivity index (χ1n) is 4.20. The van der Waals surface area contributed by atoms with Crippen molar-refractivity contribution in [2.24, 2.45) is 5.16 Å². The molecule has 0 saturated carbocycles. The molecule has 0 aromatic rings. The third-order valence-electron chi connectivity index (χ3n) is 1.99. The first-order chi connectivity index (χ1) is 5.84. The summed E-state index contributed by atoms with van der Waals surface area (Å²) in [4.78, 5) is 17.7. The van der Waals surface area contributed by atoms with Crippen molar-refractivity contribution in [2.75, 3.05) is 19.7 Å². The van der Waals surface area contributed by atoms with E-state index < -0.39 is 0 Å². The van der Waals surface area contributed by atoms with E-state index in [0.717, 1.165) is 25.9 Å². The van der Waals surface area contributed by atoms with Crippen LogP contribution in [-0.4, -0.2) is 37.2 Å². The van der Waals surface area contributed by atoms with E-state index in [-0.39, 0.29) is 12.5 Å². The van der Waals surface area contributed by atoms with Gasteiger partial charge in [0.2, 0.25) is 0 Å². The number of nitrogens with zero attached hydrogens (tertiary/aromatic N) is 2. The smallest absolute Gasteiger partial charge is 0.263 e. The lowest BCUT2D eigenvalue weighted by atomic mass is 10.1. The molecule has 1 fully saturated rings. The Morgan fingerprint density at radius 2 is 2.08 bits per heavy atom. The Morgan fingerprint density at radius 1 is 1.42 bits per heavy atom. The molecule has 1 aliphatic rings.